The standard InChI is InChI=1S/C22H25N5O4/c1-14-17(18-20(31-14)23-13-26(2)21(18)29)19(28)24-15-7-9-16(10-8-15)25-22(30)27-11-5-3-4-6-12-27/h7-10,13H,3-6,11-12H2,1-2H3,(H,24,28)(H,25,30). The molecular formula is C22H25N5O4. The molecule has 1 aliphatic rings. The summed E-state index contributed by atoms with van der Waals surface area (Å²) in [6, 6.07) is 6.74. The molecule has 1 saturated heterocycles. The number of urea groups is 1. The molecule has 1 aromatic carbocycles. The number of anilines is 2. The van der Waals surface area contributed by atoms with Gasteiger partial charge in [-0.3, -0.25) is 9.59 Å². The molecule has 1 fully saturated rings. The lowest BCUT2D eigenvalue weighted by molar-refractivity contribution is 0.102. The Morgan fingerprint density at radius 1 is 1.00 bits per heavy atom. The molecule has 31 heavy (non-hydrogen) atoms. The van der Waals surface area contributed by atoms with Crippen molar-refractivity contribution in [2.45, 2.75) is 32.6 Å². The molecule has 0 saturated carbocycles. The molecular weight excluding hydrogens is 398 g/mol. The van der Waals surface area contributed by atoms with E-state index in [1.807, 2.05) is 4.90 Å². The number of nitrogens with zero attached hydrogens (tertiary/aromatic N) is 3. The highest BCUT2D eigenvalue weighted by Gasteiger charge is 2.22. The van der Waals surface area contributed by atoms with Crippen LogP contribution < -0.4 is 16.2 Å². The minimum atomic E-state index is -0.456. The summed E-state index contributed by atoms with van der Waals surface area (Å²) >= 11 is 0. The van der Waals surface area contributed by atoms with Gasteiger partial charge in [0.25, 0.3) is 11.5 Å². The van der Waals surface area contributed by atoms with E-state index in [1.54, 1.807) is 38.2 Å². The first-order valence-corrected chi connectivity index (χ1v) is 10.4. The average Bonchev–Trinajstić information content (AvgIpc) is 2.92. The van der Waals surface area contributed by atoms with E-state index in [1.165, 1.54) is 10.9 Å². The highest BCUT2D eigenvalue weighted by atomic mass is 16.3. The van der Waals surface area contributed by atoms with Gasteiger partial charge in [-0.25, -0.2) is 9.78 Å². The van der Waals surface area contributed by atoms with Crippen molar-refractivity contribution in [2.75, 3.05) is 23.7 Å². The summed E-state index contributed by atoms with van der Waals surface area (Å²) in [6.45, 7) is 3.16. The fourth-order valence-corrected chi connectivity index (χ4v) is 3.77. The van der Waals surface area contributed by atoms with Gasteiger partial charge in [-0.15, -0.1) is 0 Å². The zero-order valence-electron chi connectivity index (χ0n) is 17.6. The number of furan rings is 1. The van der Waals surface area contributed by atoms with Gasteiger partial charge in [-0.05, 0) is 44.0 Å². The minimum Gasteiger partial charge on any atom is -0.442 e. The van der Waals surface area contributed by atoms with Crippen molar-refractivity contribution in [1.82, 2.24) is 14.5 Å². The Labute approximate surface area is 179 Å². The number of aromatic nitrogens is 2. The maximum atomic E-state index is 12.9. The summed E-state index contributed by atoms with van der Waals surface area (Å²) in [5, 5.41) is 5.83. The third-order valence-corrected chi connectivity index (χ3v) is 5.46. The van der Waals surface area contributed by atoms with Crippen molar-refractivity contribution in [2.24, 2.45) is 7.05 Å². The van der Waals surface area contributed by atoms with Gasteiger partial charge in [-0.2, -0.15) is 0 Å². The first-order valence-electron chi connectivity index (χ1n) is 10.4. The van der Waals surface area contributed by atoms with Crippen LogP contribution in [0, 0.1) is 6.92 Å². The summed E-state index contributed by atoms with van der Waals surface area (Å²) in [5.41, 5.74) is 1.14. The summed E-state index contributed by atoms with van der Waals surface area (Å²) in [5.74, 6) is -0.132. The molecule has 3 amide bonds. The molecule has 3 heterocycles. The van der Waals surface area contributed by atoms with Crippen LogP contribution in [-0.2, 0) is 7.05 Å². The van der Waals surface area contributed by atoms with Gasteiger partial charge >= 0.3 is 6.03 Å². The van der Waals surface area contributed by atoms with Crippen molar-refractivity contribution >= 4 is 34.4 Å². The molecule has 2 aromatic heterocycles. The molecule has 4 rings (SSSR count). The summed E-state index contributed by atoms with van der Waals surface area (Å²) in [4.78, 5) is 43.7. The van der Waals surface area contributed by atoms with E-state index in [2.05, 4.69) is 15.6 Å². The molecule has 3 aromatic rings. The summed E-state index contributed by atoms with van der Waals surface area (Å²) in [6.07, 6.45) is 5.73. The molecule has 0 radical (unpaired) electrons. The SMILES string of the molecule is Cc1oc2ncn(C)c(=O)c2c1C(=O)Nc1ccc(NC(=O)N2CCCCCC2)cc1. The molecule has 9 heteroatoms. The molecule has 9 nitrogen and oxygen atoms in total. The van der Waals surface area contributed by atoms with E-state index in [0.717, 1.165) is 38.8 Å². The van der Waals surface area contributed by atoms with E-state index in [-0.39, 0.29) is 28.3 Å². The van der Waals surface area contributed by atoms with Gasteiger partial charge in [0.1, 0.15) is 17.5 Å². The largest absolute Gasteiger partial charge is 0.442 e. The Kier molecular flexibility index (Phi) is 5.75. The lowest BCUT2D eigenvalue weighted by Crippen LogP contribution is -2.35. The average molecular weight is 423 g/mol. The van der Waals surface area contributed by atoms with Gasteiger partial charge in [-0.1, -0.05) is 12.8 Å². The van der Waals surface area contributed by atoms with Gasteiger partial charge in [0, 0.05) is 31.5 Å². The number of nitrogens with one attached hydrogen (secondary N) is 2. The van der Waals surface area contributed by atoms with Crippen LogP contribution >= 0.6 is 0 Å². The molecule has 0 aliphatic carbocycles. The van der Waals surface area contributed by atoms with Crippen LogP contribution in [0.3, 0.4) is 0 Å². The number of hydrogen-bond acceptors (Lipinski definition) is 5. The van der Waals surface area contributed by atoms with E-state index in [0.29, 0.717) is 17.1 Å². The second-order valence-electron chi connectivity index (χ2n) is 7.74. The van der Waals surface area contributed by atoms with Crippen molar-refractivity contribution in [1.29, 1.82) is 0 Å². The normalized spacial score (nSPS) is 14.3. The third-order valence-electron chi connectivity index (χ3n) is 5.46. The topological polar surface area (TPSA) is 109 Å². The monoisotopic (exact) mass is 423 g/mol. The number of likely N-dealkylation sites (tertiary alicyclic amines) is 1. The van der Waals surface area contributed by atoms with Crippen molar-refractivity contribution < 1.29 is 14.0 Å². The number of carbonyl (C=O) groups is 2. The van der Waals surface area contributed by atoms with Crippen LogP contribution in [0.5, 0.6) is 0 Å². The summed E-state index contributed by atoms with van der Waals surface area (Å²) in [7, 11) is 1.57. The molecule has 0 atom stereocenters. The summed E-state index contributed by atoms with van der Waals surface area (Å²) < 4.78 is 6.79. The first-order chi connectivity index (χ1) is 14.9. The Balaban J connectivity index is 1.47. The molecule has 2 N–H and O–H groups in total. The molecule has 162 valence electrons. The van der Waals surface area contributed by atoms with Crippen LogP contribution in [0.25, 0.3) is 11.1 Å². The fraction of sp³-hybridized carbons (Fsp3) is 0.364. The van der Waals surface area contributed by atoms with Gasteiger partial charge in [0.2, 0.25) is 5.71 Å². The molecule has 0 unspecified atom stereocenters. The number of amides is 3. The molecule has 0 bridgehead atoms. The van der Waals surface area contributed by atoms with Crippen LogP contribution in [0.1, 0.15) is 41.8 Å². The molecule has 1 aliphatic heterocycles. The van der Waals surface area contributed by atoms with Crippen LogP contribution in [0.2, 0.25) is 0 Å². The number of fused-ring (bicyclic) bond motifs is 1. The smallest absolute Gasteiger partial charge is 0.321 e. The van der Waals surface area contributed by atoms with Gasteiger partial charge in [0.05, 0.1) is 5.56 Å². The van der Waals surface area contributed by atoms with Crippen LogP contribution in [0.4, 0.5) is 16.2 Å². The lowest BCUT2D eigenvalue weighted by Gasteiger charge is -2.20. The van der Waals surface area contributed by atoms with Gasteiger partial charge < -0.3 is 24.5 Å². The van der Waals surface area contributed by atoms with Crippen LogP contribution in [-0.4, -0.2) is 39.5 Å². The fourth-order valence-electron chi connectivity index (χ4n) is 3.77. The quantitative estimate of drug-likeness (QED) is 0.670. The number of benzene rings is 1. The number of rotatable bonds is 3. The number of aryl methyl sites for hydroxylation is 2. The van der Waals surface area contributed by atoms with Crippen molar-refractivity contribution in [3.8, 4) is 0 Å². The number of hydrogen-bond donors (Lipinski definition) is 2. The predicted octanol–water partition coefficient (Wildman–Crippen LogP) is 3.50. The Bertz CT molecular complexity index is 1170. The zero-order chi connectivity index (χ0) is 22.0. The van der Waals surface area contributed by atoms with Crippen molar-refractivity contribution in [3.05, 3.63) is 52.3 Å². The Morgan fingerprint density at radius 2 is 1.61 bits per heavy atom. The third kappa shape index (κ3) is 4.30. The maximum Gasteiger partial charge on any atom is 0.321 e. The van der Waals surface area contributed by atoms with E-state index < -0.39 is 5.91 Å². The van der Waals surface area contributed by atoms with E-state index >= 15 is 0 Å². The molecule has 0 spiro atoms. The predicted molar refractivity (Wildman–Crippen MR) is 117 cm³/mol. The second-order valence-corrected chi connectivity index (χ2v) is 7.74. The highest BCUT2D eigenvalue weighted by Crippen LogP contribution is 2.23. The van der Waals surface area contributed by atoms with Gasteiger partial charge in [0.15, 0.2) is 0 Å². The minimum absolute atomic E-state index is 0.109. The second kappa shape index (κ2) is 8.63. The number of carbonyl (C=O) groups excluding carboxylic acids is 2. The zero-order valence-corrected chi connectivity index (χ0v) is 17.6. The van der Waals surface area contributed by atoms with E-state index in [4.69, 9.17) is 4.42 Å². The highest BCUT2D eigenvalue weighted by molar-refractivity contribution is 6.12. The van der Waals surface area contributed by atoms with Crippen LogP contribution in [0.15, 0.2) is 39.8 Å². The maximum absolute atomic E-state index is 12.9. The lowest BCUT2D eigenvalue weighted by atomic mass is 10.1. The van der Waals surface area contributed by atoms with E-state index in [9.17, 15) is 14.4 Å². The Morgan fingerprint density at radius 3 is 2.26 bits per heavy atom. The first kappa shape index (κ1) is 20.6. The Hall–Kier alpha value is -3.62. The van der Waals surface area contributed by atoms with Crippen molar-refractivity contribution in [3.63, 3.8) is 0 Å².